The van der Waals surface area contributed by atoms with Crippen molar-refractivity contribution in [1.82, 2.24) is 19.5 Å². The standard InChI is InChI=1S/C30H34FN5O2S/c1-4-35-16-27(23-7-9-25(31)10-8-23)36-17-30(18-39(37)19-30)14-24(29(36)33-35)12-22-6-11-26(28(13-22)38-5-2)34-15-21(3)32-20-34/h6-13,15,20,27H,4-5,14,16-19H2,1-3H3. The van der Waals surface area contributed by atoms with Crippen molar-refractivity contribution in [2.45, 2.75) is 33.2 Å². The van der Waals surface area contributed by atoms with E-state index in [0.717, 1.165) is 65.7 Å². The summed E-state index contributed by atoms with van der Waals surface area (Å²) in [6, 6.07) is 13.1. The average molecular weight is 548 g/mol. The van der Waals surface area contributed by atoms with Gasteiger partial charge in [0, 0.05) is 47.0 Å². The third-order valence-corrected chi connectivity index (χ3v) is 9.66. The van der Waals surface area contributed by atoms with E-state index in [2.05, 4.69) is 46.1 Å². The van der Waals surface area contributed by atoms with Crippen molar-refractivity contribution in [1.29, 1.82) is 0 Å². The highest BCUT2D eigenvalue weighted by atomic mass is 32.2. The number of hydrazone groups is 1. The Morgan fingerprint density at radius 3 is 2.64 bits per heavy atom. The molecule has 39 heavy (non-hydrogen) atoms. The molecule has 1 atom stereocenters. The number of hydrogen-bond acceptors (Lipinski definition) is 6. The molecule has 7 nitrogen and oxygen atoms in total. The van der Waals surface area contributed by atoms with E-state index >= 15 is 0 Å². The van der Waals surface area contributed by atoms with Crippen LogP contribution in [-0.2, 0) is 10.8 Å². The molecule has 0 N–H and O–H groups in total. The zero-order valence-corrected chi connectivity index (χ0v) is 23.5. The van der Waals surface area contributed by atoms with E-state index in [4.69, 9.17) is 9.84 Å². The van der Waals surface area contributed by atoms with Gasteiger partial charge in [-0.15, -0.1) is 0 Å². The number of benzene rings is 2. The lowest BCUT2D eigenvalue weighted by Crippen LogP contribution is -2.60. The summed E-state index contributed by atoms with van der Waals surface area (Å²) in [5.41, 5.74) is 5.08. The number of amidine groups is 1. The molecule has 6 rings (SSSR count). The van der Waals surface area contributed by atoms with E-state index in [1.54, 1.807) is 6.33 Å². The van der Waals surface area contributed by atoms with Crippen molar-refractivity contribution in [3.8, 4) is 11.4 Å². The van der Waals surface area contributed by atoms with Crippen molar-refractivity contribution in [2.24, 2.45) is 10.5 Å². The van der Waals surface area contributed by atoms with Gasteiger partial charge in [-0.3, -0.25) is 9.22 Å². The van der Waals surface area contributed by atoms with Crippen LogP contribution >= 0.6 is 0 Å². The fraction of sp³-hybridized carbons (Fsp3) is 0.400. The number of rotatable bonds is 6. The van der Waals surface area contributed by atoms with Crippen LogP contribution in [0.25, 0.3) is 11.8 Å². The monoisotopic (exact) mass is 547 g/mol. The van der Waals surface area contributed by atoms with Crippen LogP contribution in [0.4, 0.5) is 4.39 Å². The summed E-state index contributed by atoms with van der Waals surface area (Å²) in [7, 11) is -0.781. The van der Waals surface area contributed by atoms with Gasteiger partial charge in [-0.25, -0.2) is 9.37 Å². The minimum atomic E-state index is -0.781. The van der Waals surface area contributed by atoms with Crippen LogP contribution in [0.2, 0.25) is 0 Å². The van der Waals surface area contributed by atoms with Crippen LogP contribution < -0.4 is 4.74 Å². The Morgan fingerprint density at radius 1 is 1.18 bits per heavy atom. The number of nitrogens with zero attached hydrogens (tertiary/aromatic N) is 5. The molecule has 3 aromatic rings. The number of fused-ring (bicyclic) bond motifs is 1. The molecule has 1 aromatic heterocycles. The Labute approximate surface area is 231 Å². The van der Waals surface area contributed by atoms with Crippen LogP contribution in [-0.4, -0.2) is 67.3 Å². The molecule has 4 heterocycles. The van der Waals surface area contributed by atoms with Crippen LogP contribution in [0, 0.1) is 18.2 Å². The summed E-state index contributed by atoms with van der Waals surface area (Å²) in [5, 5.41) is 7.17. The van der Waals surface area contributed by atoms with Crippen molar-refractivity contribution < 1.29 is 13.3 Å². The predicted molar refractivity (Wildman–Crippen MR) is 153 cm³/mol. The summed E-state index contributed by atoms with van der Waals surface area (Å²) in [4.78, 5) is 6.74. The molecule has 204 valence electrons. The number of ether oxygens (including phenoxy) is 1. The first kappa shape index (κ1) is 25.8. The molecule has 2 aromatic carbocycles. The zero-order chi connectivity index (χ0) is 27.1. The summed E-state index contributed by atoms with van der Waals surface area (Å²) in [6.07, 6.45) is 6.83. The molecular weight excluding hydrogens is 513 g/mol. The summed E-state index contributed by atoms with van der Waals surface area (Å²) < 4.78 is 34.2. The lowest BCUT2D eigenvalue weighted by molar-refractivity contribution is 0.119. The van der Waals surface area contributed by atoms with Crippen LogP contribution in [0.15, 0.2) is 65.7 Å². The first-order valence-electron chi connectivity index (χ1n) is 13.6. The largest absolute Gasteiger partial charge is 0.492 e. The maximum absolute atomic E-state index is 13.8. The molecule has 0 radical (unpaired) electrons. The number of piperidine rings is 1. The number of imidazole rings is 1. The first-order chi connectivity index (χ1) is 18.9. The van der Waals surface area contributed by atoms with Crippen LogP contribution in [0.1, 0.15) is 43.1 Å². The summed E-state index contributed by atoms with van der Waals surface area (Å²) in [5.74, 6) is 2.91. The highest BCUT2D eigenvalue weighted by Gasteiger charge is 2.51. The topological polar surface area (TPSA) is 63.0 Å². The molecule has 0 bridgehead atoms. The molecule has 3 aliphatic heterocycles. The van der Waals surface area contributed by atoms with Crippen molar-refractivity contribution in [3.63, 3.8) is 0 Å². The van der Waals surface area contributed by atoms with Crippen molar-refractivity contribution >= 4 is 22.7 Å². The molecule has 0 amide bonds. The second kappa shape index (κ2) is 10.3. The molecule has 0 aliphatic carbocycles. The number of hydrogen-bond donors (Lipinski definition) is 0. The van der Waals surface area contributed by atoms with E-state index in [0.29, 0.717) is 18.1 Å². The normalized spacial score (nSPS) is 25.4. The van der Waals surface area contributed by atoms with Gasteiger partial charge in [-0.2, -0.15) is 5.10 Å². The summed E-state index contributed by atoms with van der Waals surface area (Å²) >= 11 is 0. The van der Waals surface area contributed by atoms with Gasteiger partial charge >= 0.3 is 0 Å². The third-order valence-electron chi connectivity index (χ3n) is 7.80. The number of aromatic nitrogens is 2. The van der Waals surface area contributed by atoms with Crippen molar-refractivity contribution in [3.05, 3.63) is 83.2 Å². The quantitative estimate of drug-likeness (QED) is 0.437. The second-order valence-electron chi connectivity index (χ2n) is 10.8. The van der Waals surface area contributed by atoms with Gasteiger partial charge in [0.05, 0.1) is 36.9 Å². The van der Waals surface area contributed by atoms with Gasteiger partial charge in [-0.1, -0.05) is 18.2 Å². The van der Waals surface area contributed by atoms with Crippen molar-refractivity contribution in [2.75, 3.05) is 37.7 Å². The molecular formula is C30H34FN5O2S. The minimum absolute atomic E-state index is 0.0403. The highest BCUT2D eigenvalue weighted by Crippen LogP contribution is 2.46. The van der Waals surface area contributed by atoms with E-state index in [1.165, 1.54) is 12.1 Å². The lowest BCUT2D eigenvalue weighted by Gasteiger charge is -2.54. The van der Waals surface area contributed by atoms with Crippen LogP contribution in [0.5, 0.6) is 5.75 Å². The van der Waals surface area contributed by atoms with E-state index in [9.17, 15) is 8.60 Å². The Kier molecular flexibility index (Phi) is 6.79. The number of likely N-dealkylation sites (N-methyl/N-ethyl adjacent to an activating group) is 1. The number of aryl methyl sites for hydroxylation is 1. The maximum atomic E-state index is 13.8. The molecule has 1 unspecified atom stereocenters. The average Bonchev–Trinajstić information content (AvgIpc) is 3.34. The smallest absolute Gasteiger partial charge is 0.152 e. The zero-order valence-electron chi connectivity index (χ0n) is 22.6. The predicted octanol–water partition coefficient (Wildman–Crippen LogP) is 4.95. The van der Waals surface area contributed by atoms with Gasteiger partial charge in [0.15, 0.2) is 5.84 Å². The van der Waals surface area contributed by atoms with Gasteiger partial charge in [0.2, 0.25) is 0 Å². The van der Waals surface area contributed by atoms with E-state index in [1.807, 2.05) is 36.7 Å². The molecule has 2 saturated heterocycles. The lowest BCUT2D eigenvalue weighted by atomic mass is 9.78. The second-order valence-corrected chi connectivity index (χ2v) is 12.2. The number of halogens is 1. The van der Waals surface area contributed by atoms with E-state index in [-0.39, 0.29) is 17.3 Å². The highest BCUT2D eigenvalue weighted by molar-refractivity contribution is 7.86. The Balaban J connectivity index is 1.42. The van der Waals surface area contributed by atoms with Gasteiger partial charge < -0.3 is 14.2 Å². The maximum Gasteiger partial charge on any atom is 0.152 e. The Bertz CT molecular complexity index is 1460. The minimum Gasteiger partial charge on any atom is -0.492 e. The van der Waals surface area contributed by atoms with Gasteiger partial charge in [0.1, 0.15) is 11.6 Å². The SMILES string of the molecule is CCOc1cc(C=C2CC3(CN4C2=NN(CC)CC4c2ccc(F)cc2)CS(=O)C3)ccc1-n1cnc(C)c1. The van der Waals surface area contributed by atoms with Crippen LogP contribution in [0.3, 0.4) is 0 Å². The first-order valence-corrected chi connectivity index (χ1v) is 15.0. The Hall–Kier alpha value is -3.46. The molecule has 1 spiro atoms. The fourth-order valence-corrected chi connectivity index (χ4v) is 7.66. The molecule has 3 aliphatic rings. The summed E-state index contributed by atoms with van der Waals surface area (Å²) in [6.45, 7) is 8.93. The van der Waals surface area contributed by atoms with Gasteiger partial charge in [0.25, 0.3) is 0 Å². The van der Waals surface area contributed by atoms with Gasteiger partial charge in [-0.05, 0) is 74.2 Å². The molecule has 9 heteroatoms. The third kappa shape index (κ3) is 5.00. The molecule has 0 saturated carbocycles. The fourth-order valence-electron chi connectivity index (χ4n) is 5.99. The van der Waals surface area contributed by atoms with E-state index < -0.39 is 10.8 Å². The Morgan fingerprint density at radius 2 is 1.97 bits per heavy atom. The molecule has 2 fully saturated rings.